The molecule has 2 rings (SSSR count). The zero-order valence-corrected chi connectivity index (χ0v) is 16.5. The molecule has 124 valence electrons. The van der Waals surface area contributed by atoms with Crippen molar-refractivity contribution in [3.8, 4) is 0 Å². The molecule has 2 saturated carbocycles. The first-order valence-electron chi connectivity index (χ1n) is 9.87. The van der Waals surface area contributed by atoms with Gasteiger partial charge in [-0.15, -0.1) is 0 Å². The highest BCUT2D eigenvalue weighted by Crippen LogP contribution is 2.38. The minimum atomic E-state index is 1.06. The first kappa shape index (κ1) is 18.1. The number of hydrogen-bond donors (Lipinski definition) is 0. The van der Waals surface area contributed by atoms with Crippen molar-refractivity contribution in [1.29, 1.82) is 0 Å². The van der Waals surface area contributed by atoms with Crippen LogP contribution in [0.5, 0.6) is 0 Å². The molecule has 0 aliphatic heterocycles. The van der Waals surface area contributed by atoms with Crippen molar-refractivity contribution in [3.63, 3.8) is 0 Å². The van der Waals surface area contributed by atoms with Gasteiger partial charge in [-0.25, -0.2) is 0 Å². The molecule has 0 atom stereocenters. The molecule has 2 aliphatic carbocycles. The number of alkyl halides is 1. The maximum Gasteiger partial charge on any atom is 0.00237 e. The van der Waals surface area contributed by atoms with Gasteiger partial charge in [-0.05, 0) is 36.5 Å². The van der Waals surface area contributed by atoms with Gasteiger partial charge in [-0.3, -0.25) is 0 Å². The molecular formula is C20H37I. The van der Waals surface area contributed by atoms with E-state index in [0.717, 1.165) is 23.7 Å². The second-order valence-electron chi connectivity index (χ2n) is 8.00. The molecule has 0 N–H and O–H groups in total. The Morgan fingerprint density at radius 1 is 0.619 bits per heavy atom. The van der Waals surface area contributed by atoms with Gasteiger partial charge in [0.2, 0.25) is 0 Å². The Bertz CT molecular complexity index is 247. The summed E-state index contributed by atoms with van der Waals surface area (Å²) in [5.41, 5.74) is 0. The zero-order valence-electron chi connectivity index (χ0n) is 14.3. The maximum atomic E-state index is 2.58. The van der Waals surface area contributed by atoms with Gasteiger partial charge in [0.25, 0.3) is 0 Å². The van der Waals surface area contributed by atoms with Gasteiger partial charge in [0.15, 0.2) is 0 Å². The fourth-order valence-corrected chi connectivity index (χ4v) is 5.52. The van der Waals surface area contributed by atoms with E-state index in [4.69, 9.17) is 0 Å². The Morgan fingerprint density at radius 2 is 1.05 bits per heavy atom. The normalized spacial score (nSPS) is 34.0. The SMILES string of the molecule is CCCCCC1CCC(CCC2CCC(CI)CC2)CC1. The average Bonchev–Trinajstić information content (AvgIpc) is 2.55. The van der Waals surface area contributed by atoms with Crippen molar-refractivity contribution in [1.82, 2.24) is 0 Å². The second kappa shape index (κ2) is 10.5. The molecule has 1 heteroatoms. The first-order chi connectivity index (χ1) is 10.3. The third-order valence-corrected chi connectivity index (χ3v) is 7.60. The van der Waals surface area contributed by atoms with Crippen LogP contribution in [0.2, 0.25) is 0 Å². The van der Waals surface area contributed by atoms with E-state index in [1.165, 1.54) is 43.0 Å². The van der Waals surface area contributed by atoms with Crippen LogP contribution in [-0.2, 0) is 0 Å². The van der Waals surface area contributed by atoms with Crippen LogP contribution in [0.25, 0.3) is 0 Å². The summed E-state index contributed by atoms with van der Waals surface area (Å²) in [6.45, 7) is 2.32. The van der Waals surface area contributed by atoms with Crippen LogP contribution in [0.4, 0.5) is 0 Å². The zero-order chi connectivity index (χ0) is 14.9. The Labute approximate surface area is 147 Å². The molecule has 0 heterocycles. The Kier molecular flexibility index (Phi) is 9.03. The van der Waals surface area contributed by atoms with Crippen LogP contribution in [0.3, 0.4) is 0 Å². The number of unbranched alkanes of at least 4 members (excludes halogenated alkanes) is 2. The van der Waals surface area contributed by atoms with E-state index in [9.17, 15) is 0 Å². The molecule has 0 amide bonds. The Morgan fingerprint density at radius 3 is 1.48 bits per heavy atom. The van der Waals surface area contributed by atoms with Crippen molar-refractivity contribution in [2.24, 2.45) is 23.7 Å². The lowest BCUT2D eigenvalue weighted by atomic mass is 9.75. The Hall–Kier alpha value is 0.730. The quantitative estimate of drug-likeness (QED) is 0.225. The minimum absolute atomic E-state index is 1.06. The summed E-state index contributed by atoms with van der Waals surface area (Å²) in [5, 5.41) is 0. The topological polar surface area (TPSA) is 0 Å². The van der Waals surface area contributed by atoms with Gasteiger partial charge in [-0.1, -0.05) is 107 Å². The van der Waals surface area contributed by atoms with E-state index in [0.29, 0.717) is 0 Å². The highest BCUT2D eigenvalue weighted by molar-refractivity contribution is 14.1. The summed E-state index contributed by atoms with van der Waals surface area (Å²) in [7, 11) is 0. The summed E-state index contributed by atoms with van der Waals surface area (Å²) in [5.74, 6) is 4.33. The molecule has 2 fully saturated rings. The maximum absolute atomic E-state index is 2.58. The third-order valence-electron chi connectivity index (χ3n) is 6.35. The van der Waals surface area contributed by atoms with Gasteiger partial charge in [0, 0.05) is 4.43 Å². The number of rotatable bonds is 8. The highest BCUT2D eigenvalue weighted by atomic mass is 127. The number of halogens is 1. The van der Waals surface area contributed by atoms with Crippen LogP contribution in [0.1, 0.15) is 96.8 Å². The lowest BCUT2D eigenvalue weighted by Crippen LogP contribution is -2.18. The molecule has 0 radical (unpaired) electrons. The molecule has 21 heavy (non-hydrogen) atoms. The van der Waals surface area contributed by atoms with E-state index in [1.54, 1.807) is 51.4 Å². The monoisotopic (exact) mass is 404 g/mol. The summed E-state index contributed by atoms with van der Waals surface area (Å²) in [6, 6.07) is 0. The molecule has 0 saturated heterocycles. The average molecular weight is 404 g/mol. The van der Waals surface area contributed by atoms with Gasteiger partial charge in [0.05, 0.1) is 0 Å². The standard InChI is InChI=1S/C20H37I/c1-2-3-4-5-17-6-8-18(9-7-17)10-11-19-12-14-20(16-21)15-13-19/h17-20H,2-16H2,1H3. The van der Waals surface area contributed by atoms with Crippen LogP contribution in [0, 0.1) is 23.7 Å². The van der Waals surface area contributed by atoms with E-state index in [2.05, 4.69) is 29.5 Å². The minimum Gasteiger partial charge on any atom is -0.0861 e. The van der Waals surface area contributed by atoms with Crippen LogP contribution in [-0.4, -0.2) is 4.43 Å². The lowest BCUT2D eigenvalue weighted by Gasteiger charge is -2.31. The summed E-state index contributed by atoms with van der Waals surface area (Å²) in [4.78, 5) is 0. The molecule has 2 aliphatic rings. The third kappa shape index (κ3) is 6.79. The van der Waals surface area contributed by atoms with E-state index >= 15 is 0 Å². The van der Waals surface area contributed by atoms with Crippen molar-refractivity contribution in [2.75, 3.05) is 4.43 Å². The predicted octanol–water partition coefficient (Wildman–Crippen LogP) is 7.39. The molecule has 0 nitrogen and oxygen atoms in total. The van der Waals surface area contributed by atoms with Gasteiger partial charge in [0.1, 0.15) is 0 Å². The molecular weight excluding hydrogens is 367 g/mol. The van der Waals surface area contributed by atoms with Gasteiger partial charge >= 0.3 is 0 Å². The summed E-state index contributed by atoms with van der Waals surface area (Å²) < 4.78 is 1.40. The molecule has 0 aromatic carbocycles. The predicted molar refractivity (Wildman–Crippen MR) is 103 cm³/mol. The molecule has 0 spiro atoms. The summed E-state index contributed by atoms with van der Waals surface area (Å²) in [6.07, 6.45) is 21.3. The van der Waals surface area contributed by atoms with E-state index < -0.39 is 0 Å². The molecule has 0 bridgehead atoms. The second-order valence-corrected chi connectivity index (χ2v) is 8.88. The molecule has 0 aromatic heterocycles. The Balaban J connectivity index is 1.53. The van der Waals surface area contributed by atoms with E-state index in [-0.39, 0.29) is 0 Å². The van der Waals surface area contributed by atoms with Crippen molar-refractivity contribution < 1.29 is 0 Å². The van der Waals surface area contributed by atoms with Crippen molar-refractivity contribution in [2.45, 2.75) is 96.8 Å². The van der Waals surface area contributed by atoms with E-state index in [1.807, 2.05) is 0 Å². The fourth-order valence-electron chi connectivity index (χ4n) is 4.64. The largest absolute Gasteiger partial charge is 0.0861 e. The van der Waals surface area contributed by atoms with Crippen LogP contribution < -0.4 is 0 Å². The van der Waals surface area contributed by atoms with Crippen LogP contribution in [0.15, 0.2) is 0 Å². The van der Waals surface area contributed by atoms with Crippen molar-refractivity contribution >= 4 is 22.6 Å². The fraction of sp³-hybridized carbons (Fsp3) is 1.00. The van der Waals surface area contributed by atoms with Gasteiger partial charge < -0.3 is 0 Å². The molecule has 0 aromatic rings. The summed E-state index contributed by atoms with van der Waals surface area (Å²) >= 11 is 2.58. The number of hydrogen-bond acceptors (Lipinski definition) is 0. The lowest BCUT2D eigenvalue weighted by molar-refractivity contribution is 0.217. The smallest absolute Gasteiger partial charge is 0.00237 e. The molecule has 0 unspecified atom stereocenters. The highest BCUT2D eigenvalue weighted by Gasteiger charge is 2.24. The van der Waals surface area contributed by atoms with Crippen molar-refractivity contribution in [3.05, 3.63) is 0 Å². The van der Waals surface area contributed by atoms with Gasteiger partial charge in [-0.2, -0.15) is 0 Å². The van der Waals surface area contributed by atoms with Crippen LogP contribution >= 0.6 is 22.6 Å². The first-order valence-corrected chi connectivity index (χ1v) is 11.4.